The highest BCUT2D eigenvalue weighted by atomic mass is 79.9. The van der Waals surface area contributed by atoms with E-state index >= 15 is 0 Å². The van der Waals surface area contributed by atoms with Crippen LogP contribution in [0.15, 0.2) is 22.7 Å². The third-order valence-corrected chi connectivity index (χ3v) is 5.05. The van der Waals surface area contributed by atoms with Gasteiger partial charge in [0.05, 0.1) is 6.61 Å². The van der Waals surface area contributed by atoms with Crippen LogP contribution in [0.2, 0.25) is 0 Å². The van der Waals surface area contributed by atoms with Crippen molar-refractivity contribution >= 4 is 27.8 Å². The molecule has 1 N–H and O–H groups in total. The molecule has 0 bridgehead atoms. The molecule has 2 unspecified atom stereocenters. The molecule has 1 aliphatic heterocycles. The maximum Gasteiger partial charge on any atom is 0.329 e. The van der Waals surface area contributed by atoms with E-state index < -0.39 is 6.04 Å². The fourth-order valence-electron chi connectivity index (χ4n) is 3.57. The smallest absolute Gasteiger partial charge is 0.329 e. The van der Waals surface area contributed by atoms with Crippen LogP contribution in [-0.4, -0.2) is 24.5 Å². The van der Waals surface area contributed by atoms with Gasteiger partial charge >= 0.3 is 5.97 Å². The highest BCUT2D eigenvalue weighted by Gasteiger charge is 2.52. The summed E-state index contributed by atoms with van der Waals surface area (Å²) >= 11 is 3.49. The van der Waals surface area contributed by atoms with Crippen molar-refractivity contribution in [1.29, 1.82) is 0 Å². The number of hydrogen-bond donors (Lipinski definition) is 1. The Balaban J connectivity index is 1.91. The molecule has 0 radical (unpaired) electrons. The lowest BCUT2D eigenvalue weighted by atomic mass is 9.67. The number of halogens is 1. The SMILES string of the molecule is CCOC(=O)C1NC(=O)CC12CCc1cc(Br)ccc1C2. The van der Waals surface area contributed by atoms with Crippen LogP contribution in [-0.2, 0) is 27.2 Å². The van der Waals surface area contributed by atoms with Crippen LogP contribution in [0.25, 0.3) is 0 Å². The Morgan fingerprint density at radius 2 is 2.24 bits per heavy atom. The summed E-state index contributed by atoms with van der Waals surface area (Å²) in [5.74, 6) is -0.350. The first-order valence-corrected chi connectivity index (χ1v) is 8.07. The quantitative estimate of drug-likeness (QED) is 0.832. The van der Waals surface area contributed by atoms with E-state index in [0.29, 0.717) is 13.0 Å². The summed E-state index contributed by atoms with van der Waals surface area (Å²) in [4.78, 5) is 24.1. The Bertz CT molecular complexity index is 601. The maximum atomic E-state index is 12.2. The van der Waals surface area contributed by atoms with Gasteiger partial charge in [-0.1, -0.05) is 22.0 Å². The lowest BCUT2D eigenvalue weighted by molar-refractivity contribution is -0.148. The second-order valence-electron chi connectivity index (χ2n) is 5.88. The Morgan fingerprint density at radius 3 is 3.00 bits per heavy atom. The van der Waals surface area contributed by atoms with E-state index in [0.717, 1.165) is 23.7 Å². The van der Waals surface area contributed by atoms with Crippen LogP contribution in [0.5, 0.6) is 0 Å². The molecule has 1 fully saturated rings. The molecule has 1 spiro atoms. The molecule has 5 heteroatoms. The first kappa shape index (κ1) is 14.6. The summed E-state index contributed by atoms with van der Waals surface area (Å²) in [5, 5.41) is 2.82. The van der Waals surface area contributed by atoms with Crippen LogP contribution in [0.1, 0.15) is 30.9 Å². The number of carbonyl (C=O) groups excluding carboxylic acids is 2. The number of fused-ring (bicyclic) bond motifs is 1. The van der Waals surface area contributed by atoms with E-state index in [1.54, 1.807) is 6.92 Å². The van der Waals surface area contributed by atoms with E-state index in [1.807, 2.05) is 6.07 Å². The zero-order valence-electron chi connectivity index (χ0n) is 11.9. The third kappa shape index (κ3) is 2.59. The molecule has 1 aliphatic carbocycles. The summed E-state index contributed by atoms with van der Waals surface area (Å²) < 4.78 is 6.22. The lowest BCUT2D eigenvalue weighted by Crippen LogP contribution is -2.47. The predicted octanol–water partition coefficient (Wildman–Crippen LogP) is 2.38. The molecule has 0 saturated carbocycles. The maximum absolute atomic E-state index is 12.2. The van der Waals surface area contributed by atoms with Crippen LogP contribution in [0.3, 0.4) is 0 Å². The monoisotopic (exact) mass is 351 g/mol. The number of amides is 1. The summed E-state index contributed by atoms with van der Waals surface area (Å²) in [5.41, 5.74) is 2.21. The largest absolute Gasteiger partial charge is 0.464 e. The van der Waals surface area contributed by atoms with Crippen LogP contribution in [0, 0.1) is 5.41 Å². The van der Waals surface area contributed by atoms with Crippen molar-refractivity contribution in [2.24, 2.45) is 5.41 Å². The molecular weight excluding hydrogens is 334 g/mol. The number of aryl methyl sites for hydroxylation is 1. The van der Waals surface area contributed by atoms with Crippen molar-refractivity contribution in [3.63, 3.8) is 0 Å². The highest BCUT2D eigenvalue weighted by Crippen LogP contribution is 2.45. The van der Waals surface area contributed by atoms with Crippen molar-refractivity contribution in [2.45, 2.75) is 38.6 Å². The van der Waals surface area contributed by atoms with Gasteiger partial charge in [0.1, 0.15) is 6.04 Å². The molecule has 1 aromatic rings. The first-order valence-electron chi connectivity index (χ1n) is 7.27. The fourth-order valence-corrected chi connectivity index (χ4v) is 3.98. The van der Waals surface area contributed by atoms with Gasteiger partial charge in [-0.3, -0.25) is 4.79 Å². The average Bonchev–Trinajstić information content (AvgIpc) is 2.76. The van der Waals surface area contributed by atoms with E-state index in [9.17, 15) is 9.59 Å². The summed E-state index contributed by atoms with van der Waals surface area (Å²) in [7, 11) is 0. The van der Waals surface area contributed by atoms with Crippen molar-refractivity contribution in [1.82, 2.24) is 5.32 Å². The van der Waals surface area contributed by atoms with Crippen LogP contribution >= 0.6 is 15.9 Å². The average molecular weight is 352 g/mol. The number of carbonyl (C=O) groups is 2. The van der Waals surface area contributed by atoms with E-state index in [4.69, 9.17) is 4.74 Å². The van der Waals surface area contributed by atoms with Gasteiger partial charge in [-0.25, -0.2) is 4.79 Å². The van der Waals surface area contributed by atoms with Gasteiger partial charge in [0, 0.05) is 16.3 Å². The van der Waals surface area contributed by atoms with Gasteiger partial charge in [-0.15, -0.1) is 0 Å². The van der Waals surface area contributed by atoms with Crippen LogP contribution < -0.4 is 5.32 Å². The number of nitrogens with one attached hydrogen (secondary N) is 1. The Kier molecular flexibility index (Phi) is 3.78. The molecule has 2 atom stereocenters. The number of hydrogen-bond acceptors (Lipinski definition) is 3. The minimum absolute atomic E-state index is 0.0476. The number of ether oxygens (including phenoxy) is 1. The Labute approximate surface area is 132 Å². The molecule has 1 heterocycles. The lowest BCUT2D eigenvalue weighted by Gasteiger charge is -2.37. The summed E-state index contributed by atoms with van der Waals surface area (Å²) in [6, 6.07) is 5.72. The first-order chi connectivity index (χ1) is 10.0. The molecule has 4 nitrogen and oxygen atoms in total. The summed E-state index contributed by atoms with van der Waals surface area (Å²) in [6.07, 6.45) is 2.88. The normalized spacial score (nSPS) is 27.3. The molecular formula is C16H18BrNO3. The zero-order chi connectivity index (χ0) is 15.0. The number of benzene rings is 1. The van der Waals surface area contributed by atoms with Gasteiger partial charge in [-0.05, 0) is 49.4 Å². The van der Waals surface area contributed by atoms with E-state index in [2.05, 4.69) is 33.4 Å². The predicted molar refractivity (Wildman–Crippen MR) is 81.8 cm³/mol. The number of esters is 1. The molecule has 1 aromatic carbocycles. The van der Waals surface area contributed by atoms with Gasteiger partial charge in [-0.2, -0.15) is 0 Å². The van der Waals surface area contributed by atoms with E-state index in [-0.39, 0.29) is 17.3 Å². The van der Waals surface area contributed by atoms with Crippen molar-refractivity contribution < 1.29 is 14.3 Å². The topological polar surface area (TPSA) is 55.4 Å². The van der Waals surface area contributed by atoms with E-state index in [1.165, 1.54) is 11.1 Å². The number of rotatable bonds is 2. The van der Waals surface area contributed by atoms with Gasteiger partial charge < -0.3 is 10.1 Å². The minimum Gasteiger partial charge on any atom is -0.464 e. The molecule has 0 aromatic heterocycles. The third-order valence-electron chi connectivity index (χ3n) is 4.56. The molecule has 2 aliphatic rings. The van der Waals surface area contributed by atoms with Gasteiger partial charge in [0.25, 0.3) is 0 Å². The summed E-state index contributed by atoms with van der Waals surface area (Å²) in [6.45, 7) is 2.12. The minimum atomic E-state index is -0.512. The highest BCUT2D eigenvalue weighted by molar-refractivity contribution is 9.10. The molecule has 1 saturated heterocycles. The zero-order valence-corrected chi connectivity index (χ0v) is 13.5. The molecule has 112 valence electrons. The van der Waals surface area contributed by atoms with Crippen LogP contribution in [0.4, 0.5) is 0 Å². The Hall–Kier alpha value is -1.36. The molecule has 1 amide bonds. The van der Waals surface area contributed by atoms with Gasteiger partial charge in [0.15, 0.2) is 0 Å². The second-order valence-corrected chi connectivity index (χ2v) is 6.80. The standard InChI is InChI=1S/C16H18BrNO3/c1-2-21-15(20)14-16(9-13(19)18-14)6-5-10-7-12(17)4-3-11(10)8-16/h3-4,7,14H,2,5-6,8-9H2,1H3,(H,18,19). The van der Waals surface area contributed by atoms with Crippen molar-refractivity contribution in [3.05, 3.63) is 33.8 Å². The van der Waals surface area contributed by atoms with Gasteiger partial charge in [0.2, 0.25) is 5.91 Å². The van der Waals surface area contributed by atoms with Crippen molar-refractivity contribution in [3.8, 4) is 0 Å². The van der Waals surface area contributed by atoms with Crippen molar-refractivity contribution in [2.75, 3.05) is 6.61 Å². The molecule has 3 rings (SSSR count). The fraction of sp³-hybridized carbons (Fsp3) is 0.500. The second kappa shape index (κ2) is 5.44. The molecule has 21 heavy (non-hydrogen) atoms. The Morgan fingerprint density at radius 1 is 1.43 bits per heavy atom.